The van der Waals surface area contributed by atoms with Gasteiger partial charge in [0.2, 0.25) is 0 Å². The minimum Gasteiger partial charge on any atom is -0.177 e. The van der Waals surface area contributed by atoms with Crippen LogP contribution in [0.2, 0.25) is 0 Å². The van der Waals surface area contributed by atoms with Crippen molar-refractivity contribution in [3.8, 4) is 22.3 Å². The molecule has 0 N–H and O–H groups in total. The van der Waals surface area contributed by atoms with E-state index in [0.717, 1.165) is 47.3 Å². The predicted molar refractivity (Wildman–Crippen MR) is 255 cm³/mol. The Hall–Kier alpha value is -0.912. The van der Waals surface area contributed by atoms with Crippen molar-refractivity contribution in [3.63, 3.8) is 0 Å². The summed E-state index contributed by atoms with van der Waals surface area (Å²) in [4.78, 5) is 0. The van der Waals surface area contributed by atoms with Crippen molar-refractivity contribution in [2.45, 2.75) is 185 Å². The Morgan fingerprint density at radius 2 is 0.750 bits per heavy atom. The molecule has 0 aliphatic heterocycles. The first-order valence-electron chi connectivity index (χ1n) is 23.2. The van der Waals surface area contributed by atoms with Crippen LogP contribution in [-0.2, 0) is 65.4 Å². The molecule has 4 aliphatic rings. The second-order valence-electron chi connectivity index (χ2n) is 19.8. The molecule has 4 aliphatic carbocycles. The first-order valence-corrected chi connectivity index (χ1v) is 23.2. The molecule has 2 heteroatoms. The molecule has 4 aromatic rings. The maximum absolute atomic E-state index is 3.41. The molecular formula is C58H82Y2-2. The standard InChI is InChI=1S/C29H39.C27H35.2CH4.2Y/c1-19-6-8-24(9-7-19)25-10-12-26(13-11-25)28-14-15-29(23(5)22(28)4)27-17-20(2)16-21(3)18-27;1-19-4-6-22(7-5-19)23-8-10-24(11-9-23)25-12-14-26(15-13-25)27-17-20(2)16-21(3)18-27;;;;/h14-15,17-19,24-26H,6-13H2,1-5H3;12-15,17-19,22-24H,4-11H2,1-3H3;2*1H4;;/q2*-1;;;;. The van der Waals surface area contributed by atoms with Crippen molar-refractivity contribution in [2.24, 2.45) is 35.5 Å². The van der Waals surface area contributed by atoms with E-state index in [2.05, 4.69) is 128 Å². The fraction of sp³-hybridized carbons (Fsp3) is 0.586. The van der Waals surface area contributed by atoms with E-state index in [1.807, 2.05) is 0 Å². The van der Waals surface area contributed by atoms with Gasteiger partial charge in [0.15, 0.2) is 0 Å². The maximum atomic E-state index is 3.41. The van der Waals surface area contributed by atoms with Gasteiger partial charge in [-0.05, 0) is 172 Å². The Bertz CT molecular complexity index is 1830. The van der Waals surface area contributed by atoms with Crippen LogP contribution >= 0.6 is 0 Å². The summed E-state index contributed by atoms with van der Waals surface area (Å²) in [7, 11) is 0. The van der Waals surface area contributed by atoms with Gasteiger partial charge in [-0.1, -0.05) is 118 Å². The van der Waals surface area contributed by atoms with E-state index in [-0.39, 0.29) is 80.3 Å². The second-order valence-corrected chi connectivity index (χ2v) is 19.8. The number of hydrogen-bond acceptors (Lipinski definition) is 0. The molecule has 322 valence electrons. The Morgan fingerprint density at radius 1 is 0.383 bits per heavy atom. The van der Waals surface area contributed by atoms with E-state index in [1.54, 1.807) is 11.1 Å². The van der Waals surface area contributed by atoms with Crippen LogP contribution in [0.3, 0.4) is 0 Å². The van der Waals surface area contributed by atoms with E-state index < -0.39 is 0 Å². The third-order valence-electron chi connectivity index (χ3n) is 15.6. The summed E-state index contributed by atoms with van der Waals surface area (Å²) in [6.45, 7) is 18.1. The van der Waals surface area contributed by atoms with E-state index >= 15 is 0 Å². The summed E-state index contributed by atoms with van der Waals surface area (Å²) in [5.74, 6) is 7.59. The second kappa shape index (κ2) is 25.0. The molecule has 4 fully saturated rings. The van der Waals surface area contributed by atoms with Gasteiger partial charge in [0.1, 0.15) is 0 Å². The molecule has 4 saturated carbocycles. The van der Waals surface area contributed by atoms with Crippen LogP contribution in [0.25, 0.3) is 22.3 Å². The minimum absolute atomic E-state index is 0. The fourth-order valence-electron chi connectivity index (χ4n) is 12.0. The van der Waals surface area contributed by atoms with Crippen LogP contribution in [0.1, 0.15) is 188 Å². The SMILES string of the molecule is C.C.Cc1[c-]c(C)cc(-c2ccc(C3CCC(C4CCC(C)CC4)CC3)c(C)c2C)c1.Cc1[c-]c(C)cc(-c2ccc(C3CCC(C4CCC(C)CC4)CC3)cc2)c1.[Y].[Y]. The molecule has 0 heterocycles. The van der Waals surface area contributed by atoms with Crippen LogP contribution in [0.5, 0.6) is 0 Å². The zero-order valence-electron chi connectivity index (χ0n) is 37.9. The molecule has 8 rings (SSSR count). The quantitative estimate of drug-likeness (QED) is 0.169. The van der Waals surface area contributed by atoms with Crippen LogP contribution in [0.15, 0.2) is 60.7 Å². The fourth-order valence-corrected chi connectivity index (χ4v) is 12.0. The average molecular weight is 957 g/mol. The number of rotatable bonds is 6. The summed E-state index contributed by atoms with van der Waals surface area (Å²) in [5, 5.41) is 0. The van der Waals surface area contributed by atoms with Crippen molar-refractivity contribution in [2.75, 3.05) is 0 Å². The van der Waals surface area contributed by atoms with E-state index in [1.165, 1.54) is 158 Å². The zero-order valence-corrected chi connectivity index (χ0v) is 43.5. The van der Waals surface area contributed by atoms with Crippen LogP contribution in [0.4, 0.5) is 0 Å². The van der Waals surface area contributed by atoms with Gasteiger partial charge in [-0.2, -0.15) is 58.7 Å². The average Bonchev–Trinajstić information content (AvgIpc) is 3.19. The molecule has 0 spiro atoms. The summed E-state index contributed by atoms with van der Waals surface area (Å²) < 4.78 is 0. The zero-order chi connectivity index (χ0) is 39.3. The topological polar surface area (TPSA) is 0 Å². The Morgan fingerprint density at radius 3 is 1.17 bits per heavy atom. The third-order valence-corrected chi connectivity index (χ3v) is 15.6. The van der Waals surface area contributed by atoms with Gasteiger partial charge in [0.05, 0.1) is 0 Å². The Labute approximate surface area is 421 Å². The monoisotopic (exact) mass is 956 g/mol. The minimum atomic E-state index is 0. The summed E-state index contributed by atoms with van der Waals surface area (Å²) >= 11 is 0. The van der Waals surface area contributed by atoms with Gasteiger partial charge >= 0.3 is 0 Å². The van der Waals surface area contributed by atoms with Crippen molar-refractivity contribution < 1.29 is 65.4 Å². The van der Waals surface area contributed by atoms with Gasteiger partial charge in [0, 0.05) is 65.4 Å². The molecule has 0 saturated heterocycles. The van der Waals surface area contributed by atoms with Gasteiger partial charge in [-0.3, -0.25) is 0 Å². The first-order chi connectivity index (χ1) is 27.0. The molecule has 0 unspecified atom stereocenters. The Balaban J connectivity index is 0.000000301. The summed E-state index contributed by atoms with van der Waals surface area (Å²) in [6, 6.07) is 30.1. The molecule has 0 amide bonds. The molecule has 0 bridgehead atoms. The van der Waals surface area contributed by atoms with E-state index in [9.17, 15) is 0 Å². The van der Waals surface area contributed by atoms with Gasteiger partial charge in [-0.25, -0.2) is 0 Å². The molecule has 2 radical (unpaired) electrons. The van der Waals surface area contributed by atoms with Crippen LogP contribution in [-0.4, -0.2) is 0 Å². The van der Waals surface area contributed by atoms with E-state index in [0.29, 0.717) is 0 Å². The number of benzene rings is 4. The number of hydrogen-bond donors (Lipinski definition) is 0. The Kier molecular flexibility index (Phi) is 22.2. The molecule has 0 nitrogen and oxygen atoms in total. The normalized spacial score (nSPS) is 26.4. The number of aryl methyl sites for hydroxylation is 4. The van der Waals surface area contributed by atoms with E-state index in [4.69, 9.17) is 0 Å². The van der Waals surface area contributed by atoms with Crippen molar-refractivity contribution in [3.05, 3.63) is 117 Å². The van der Waals surface area contributed by atoms with Crippen LogP contribution in [0, 0.1) is 89.2 Å². The largest absolute Gasteiger partial charge is 0.177 e. The first kappa shape index (κ1) is 53.4. The summed E-state index contributed by atoms with van der Waals surface area (Å²) in [5.41, 5.74) is 16.5. The molecular weight excluding hydrogens is 874 g/mol. The van der Waals surface area contributed by atoms with Crippen molar-refractivity contribution in [1.82, 2.24) is 0 Å². The molecule has 0 aromatic heterocycles. The van der Waals surface area contributed by atoms with Crippen molar-refractivity contribution >= 4 is 0 Å². The molecule has 4 aromatic carbocycles. The summed E-state index contributed by atoms with van der Waals surface area (Å²) in [6.07, 6.45) is 23.3. The van der Waals surface area contributed by atoms with Gasteiger partial charge < -0.3 is 0 Å². The third kappa shape index (κ3) is 13.8. The predicted octanol–water partition coefficient (Wildman–Crippen LogP) is 17.6. The molecule has 0 atom stereocenters. The molecule has 60 heavy (non-hydrogen) atoms. The van der Waals surface area contributed by atoms with Gasteiger partial charge in [-0.15, -0.1) is 11.1 Å². The van der Waals surface area contributed by atoms with Crippen molar-refractivity contribution in [1.29, 1.82) is 0 Å². The smallest absolute Gasteiger partial charge is 0 e. The van der Waals surface area contributed by atoms with Crippen LogP contribution < -0.4 is 0 Å². The maximum Gasteiger partial charge on any atom is 0 e. The van der Waals surface area contributed by atoms with Gasteiger partial charge in [0.25, 0.3) is 0 Å².